The molecule has 25 heavy (non-hydrogen) atoms. The van der Waals surface area contributed by atoms with E-state index in [1.165, 1.54) is 18.2 Å². The number of carbonyl (C=O) groups excluding carboxylic acids is 1. The molecule has 1 saturated heterocycles. The van der Waals surface area contributed by atoms with Crippen LogP contribution in [-0.4, -0.2) is 37.0 Å². The lowest BCUT2D eigenvalue weighted by molar-refractivity contribution is -0.121. The molecule has 6 heteroatoms. The first-order chi connectivity index (χ1) is 12.0. The highest BCUT2D eigenvalue weighted by molar-refractivity contribution is 6.30. The highest BCUT2D eigenvalue weighted by Crippen LogP contribution is 2.25. The normalized spacial score (nSPS) is 15.9. The third-order valence-electron chi connectivity index (χ3n) is 4.13. The van der Waals surface area contributed by atoms with Crippen molar-refractivity contribution in [1.82, 2.24) is 4.90 Å². The summed E-state index contributed by atoms with van der Waals surface area (Å²) in [5, 5.41) is 0.704. The van der Waals surface area contributed by atoms with E-state index in [4.69, 9.17) is 17.3 Å². The Bertz CT molecular complexity index is 792. The van der Waals surface area contributed by atoms with Crippen molar-refractivity contribution >= 4 is 35.0 Å². The number of halogens is 2. The average Bonchev–Trinajstić information content (AvgIpc) is 2.59. The van der Waals surface area contributed by atoms with Crippen LogP contribution in [0.4, 0.5) is 15.8 Å². The molecule has 1 fully saturated rings. The van der Waals surface area contributed by atoms with E-state index in [1.807, 2.05) is 41.3 Å². The fourth-order valence-electron chi connectivity index (χ4n) is 2.79. The van der Waals surface area contributed by atoms with Crippen molar-refractivity contribution in [3.63, 3.8) is 0 Å². The molecule has 2 aromatic rings. The van der Waals surface area contributed by atoms with Gasteiger partial charge in [0.15, 0.2) is 0 Å². The fourth-order valence-corrected chi connectivity index (χ4v) is 2.92. The van der Waals surface area contributed by atoms with E-state index >= 15 is 0 Å². The summed E-state index contributed by atoms with van der Waals surface area (Å²) in [4.78, 5) is 16.0. The number of hydrogen-bond donors (Lipinski definition) is 1. The first-order valence-corrected chi connectivity index (χ1v) is 8.40. The van der Waals surface area contributed by atoms with Crippen molar-refractivity contribution in [1.29, 1.82) is 0 Å². The summed E-state index contributed by atoms with van der Waals surface area (Å²) in [6.45, 7) is 2.13. The Hall–Kier alpha value is -2.37. The second-order valence-electron chi connectivity index (χ2n) is 5.94. The van der Waals surface area contributed by atoms with Crippen LogP contribution in [0.1, 0.15) is 5.56 Å². The molecule has 0 spiro atoms. The summed E-state index contributed by atoms with van der Waals surface area (Å²) in [7, 11) is 0. The predicted octanol–water partition coefficient (Wildman–Crippen LogP) is 3.42. The fraction of sp³-hybridized carbons (Fsp3) is 0.211. The van der Waals surface area contributed by atoms with E-state index in [9.17, 15) is 9.18 Å². The Labute approximate surface area is 151 Å². The molecule has 0 unspecified atom stereocenters. The molecule has 1 heterocycles. The molecule has 2 N–H and O–H groups in total. The summed E-state index contributed by atoms with van der Waals surface area (Å²) >= 11 is 5.86. The topological polar surface area (TPSA) is 49.6 Å². The number of nitrogen functional groups attached to an aromatic ring is 1. The zero-order chi connectivity index (χ0) is 17.8. The minimum Gasteiger partial charge on any atom is -0.397 e. The van der Waals surface area contributed by atoms with E-state index in [0.29, 0.717) is 36.0 Å². The van der Waals surface area contributed by atoms with Crippen LogP contribution in [0.25, 0.3) is 6.08 Å². The average molecular weight is 360 g/mol. The molecule has 0 aromatic heterocycles. The van der Waals surface area contributed by atoms with Gasteiger partial charge in [0, 0.05) is 24.7 Å². The van der Waals surface area contributed by atoms with Gasteiger partial charge in [-0.2, -0.15) is 0 Å². The lowest BCUT2D eigenvalue weighted by Gasteiger charge is -2.34. The van der Waals surface area contributed by atoms with Gasteiger partial charge in [0.05, 0.1) is 17.9 Å². The number of hydrogen-bond acceptors (Lipinski definition) is 3. The monoisotopic (exact) mass is 359 g/mol. The number of nitrogens with zero attached hydrogens (tertiary/aromatic N) is 2. The second kappa shape index (κ2) is 7.68. The Morgan fingerprint density at radius 1 is 1.16 bits per heavy atom. The second-order valence-corrected chi connectivity index (χ2v) is 6.37. The van der Waals surface area contributed by atoms with Gasteiger partial charge in [-0.3, -0.25) is 9.69 Å². The zero-order valence-electron chi connectivity index (χ0n) is 13.7. The molecule has 0 saturated carbocycles. The number of piperazine rings is 1. The SMILES string of the molecule is Nc1ccc(F)cc1N1CCN(C/C=C/c2ccc(Cl)cc2)CC1=O. The van der Waals surface area contributed by atoms with Gasteiger partial charge in [0.1, 0.15) is 5.82 Å². The Morgan fingerprint density at radius 2 is 1.92 bits per heavy atom. The summed E-state index contributed by atoms with van der Waals surface area (Å²) in [6.07, 6.45) is 4.01. The maximum absolute atomic E-state index is 13.4. The summed E-state index contributed by atoms with van der Waals surface area (Å²) in [5.74, 6) is -0.478. The molecule has 4 nitrogen and oxygen atoms in total. The van der Waals surface area contributed by atoms with Crippen molar-refractivity contribution in [2.45, 2.75) is 0 Å². The maximum atomic E-state index is 13.4. The van der Waals surface area contributed by atoms with Gasteiger partial charge in [0.25, 0.3) is 0 Å². The lowest BCUT2D eigenvalue weighted by atomic mass is 10.2. The Morgan fingerprint density at radius 3 is 2.64 bits per heavy atom. The van der Waals surface area contributed by atoms with Gasteiger partial charge in [-0.05, 0) is 35.9 Å². The predicted molar refractivity (Wildman–Crippen MR) is 100 cm³/mol. The van der Waals surface area contributed by atoms with Crippen LogP contribution in [-0.2, 0) is 4.79 Å². The summed E-state index contributed by atoms with van der Waals surface area (Å²) < 4.78 is 13.4. The molecule has 130 valence electrons. The molecule has 0 bridgehead atoms. The molecule has 0 radical (unpaired) electrons. The first-order valence-electron chi connectivity index (χ1n) is 8.03. The maximum Gasteiger partial charge on any atom is 0.241 e. The number of nitrogens with two attached hydrogens (primary N) is 1. The molecule has 0 atom stereocenters. The van der Waals surface area contributed by atoms with Crippen molar-refractivity contribution in [2.24, 2.45) is 0 Å². The standard InChI is InChI=1S/C19H19ClFN3O/c20-15-5-3-14(4-6-15)2-1-9-23-10-11-24(19(25)13-23)18-12-16(21)7-8-17(18)22/h1-8,12H,9-11,13,22H2/b2-1+. The quantitative estimate of drug-likeness (QED) is 0.851. The molecule has 1 amide bonds. The summed E-state index contributed by atoms with van der Waals surface area (Å²) in [6, 6.07) is 11.6. The number of benzene rings is 2. The van der Waals surface area contributed by atoms with Gasteiger partial charge in [-0.15, -0.1) is 0 Å². The van der Waals surface area contributed by atoms with E-state index in [0.717, 1.165) is 5.56 Å². The third kappa shape index (κ3) is 4.38. The zero-order valence-corrected chi connectivity index (χ0v) is 14.4. The van der Waals surface area contributed by atoms with Crippen LogP contribution in [0.5, 0.6) is 0 Å². The van der Waals surface area contributed by atoms with E-state index in [2.05, 4.69) is 0 Å². The highest BCUT2D eigenvalue weighted by atomic mass is 35.5. The van der Waals surface area contributed by atoms with Crippen LogP contribution < -0.4 is 10.6 Å². The summed E-state index contributed by atoms with van der Waals surface area (Å²) in [5.41, 5.74) is 7.79. The Kier molecular flexibility index (Phi) is 5.36. The van der Waals surface area contributed by atoms with Gasteiger partial charge in [-0.1, -0.05) is 35.9 Å². The number of amides is 1. The van der Waals surface area contributed by atoms with Crippen LogP contribution in [0.3, 0.4) is 0 Å². The van der Waals surface area contributed by atoms with Crippen molar-refractivity contribution in [3.05, 3.63) is 64.9 Å². The van der Waals surface area contributed by atoms with Gasteiger partial charge >= 0.3 is 0 Å². The molecular weight excluding hydrogens is 341 g/mol. The Balaban J connectivity index is 1.59. The molecule has 1 aliphatic heterocycles. The van der Waals surface area contributed by atoms with Gasteiger partial charge in [-0.25, -0.2) is 4.39 Å². The molecule has 0 aliphatic carbocycles. The highest BCUT2D eigenvalue weighted by Gasteiger charge is 2.25. The smallest absolute Gasteiger partial charge is 0.241 e. The minimum absolute atomic E-state index is 0.0801. The largest absolute Gasteiger partial charge is 0.397 e. The lowest BCUT2D eigenvalue weighted by Crippen LogP contribution is -2.50. The number of carbonyl (C=O) groups is 1. The molecule has 2 aromatic carbocycles. The van der Waals surface area contributed by atoms with Crippen molar-refractivity contribution < 1.29 is 9.18 Å². The first kappa shape index (κ1) is 17.5. The number of rotatable bonds is 4. The molecule has 3 rings (SSSR count). The molecule has 1 aliphatic rings. The molecular formula is C19H19ClFN3O. The number of anilines is 2. The minimum atomic E-state index is -0.398. The third-order valence-corrected chi connectivity index (χ3v) is 4.38. The van der Waals surface area contributed by atoms with Crippen LogP contribution >= 0.6 is 11.6 Å². The van der Waals surface area contributed by atoms with Crippen molar-refractivity contribution in [3.8, 4) is 0 Å². The van der Waals surface area contributed by atoms with Crippen LogP contribution in [0, 0.1) is 5.82 Å². The van der Waals surface area contributed by atoms with E-state index in [1.54, 1.807) is 4.90 Å². The van der Waals surface area contributed by atoms with Gasteiger partial charge in [0.2, 0.25) is 5.91 Å². The van der Waals surface area contributed by atoms with E-state index < -0.39 is 5.82 Å². The van der Waals surface area contributed by atoms with Crippen molar-refractivity contribution in [2.75, 3.05) is 36.8 Å². The van der Waals surface area contributed by atoms with Crippen LogP contribution in [0.15, 0.2) is 48.5 Å². The van der Waals surface area contributed by atoms with Gasteiger partial charge < -0.3 is 10.6 Å². The van der Waals surface area contributed by atoms with E-state index in [-0.39, 0.29) is 12.5 Å². The van der Waals surface area contributed by atoms with Crippen LogP contribution in [0.2, 0.25) is 5.02 Å².